The Morgan fingerprint density at radius 1 is 0.923 bits per heavy atom. The van der Waals surface area contributed by atoms with Crippen LogP contribution in [0.5, 0.6) is 0 Å². The summed E-state index contributed by atoms with van der Waals surface area (Å²) in [6, 6.07) is 0. The van der Waals surface area contributed by atoms with Crippen molar-refractivity contribution in [2.24, 2.45) is 10.8 Å². The topological polar surface area (TPSA) is 3.01 Å². The van der Waals surface area contributed by atoms with Crippen LogP contribution in [-0.4, -0.2) is 22.9 Å². The molecular formula is C12H24N+. The van der Waals surface area contributed by atoms with Gasteiger partial charge >= 0.3 is 0 Å². The molecule has 13 heavy (non-hydrogen) atoms. The molecule has 1 heterocycles. The molecular weight excluding hydrogens is 158 g/mol. The Morgan fingerprint density at radius 3 is 1.38 bits per heavy atom. The molecule has 0 radical (unpaired) electrons. The second-order valence-electron chi connectivity index (χ2n) is 5.95. The molecule has 0 saturated heterocycles. The summed E-state index contributed by atoms with van der Waals surface area (Å²) in [4.78, 5) is 0. The van der Waals surface area contributed by atoms with Gasteiger partial charge in [-0.15, -0.1) is 0 Å². The third-order valence-corrected chi connectivity index (χ3v) is 5.34. The van der Waals surface area contributed by atoms with Gasteiger partial charge in [0.15, 0.2) is 11.3 Å². The lowest BCUT2D eigenvalue weighted by Gasteiger charge is -2.39. The summed E-state index contributed by atoms with van der Waals surface area (Å²) in [6.07, 6.45) is 0. The van der Waals surface area contributed by atoms with E-state index in [-0.39, 0.29) is 5.54 Å². The molecule has 0 N–H and O–H groups in total. The molecule has 0 bridgehead atoms. The van der Waals surface area contributed by atoms with Crippen molar-refractivity contribution < 1.29 is 4.58 Å². The Hall–Kier alpha value is -0.330. The van der Waals surface area contributed by atoms with E-state index in [0.717, 1.165) is 0 Å². The van der Waals surface area contributed by atoms with Crippen LogP contribution in [0.4, 0.5) is 0 Å². The van der Waals surface area contributed by atoms with Gasteiger partial charge in [-0.2, -0.15) is 0 Å². The van der Waals surface area contributed by atoms with Gasteiger partial charge in [-0.25, -0.2) is 4.58 Å². The number of hydrogen-bond acceptors (Lipinski definition) is 0. The summed E-state index contributed by atoms with van der Waals surface area (Å²) >= 11 is 0. The molecule has 1 nitrogen and oxygen atoms in total. The van der Waals surface area contributed by atoms with Crippen LogP contribution in [0.3, 0.4) is 0 Å². The zero-order chi connectivity index (χ0) is 10.7. The van der Waals surface area contributed by atoms with Crippen molar-refractivity contribution in [2.45, 2.75) is 54.0 Å². The molecule has 0 aromatic heterocycles. The zero-order valence-electron chi connectivity index (χ0n) is 10.4. The average Bonchev–Trinajstić information content (AvgIpc) is 2.05. The monoisotopic (exact) mass is 182 g/mol. The second-order valence-corrected chi connectivity index (χ2v) is 5.95. The maximum absolute atomic E-state index is 2.44. The molecule has 76 valence electrons. The van der Waals surface area contributed by atoms with Crippen molar-refractivity contribution in [3.63, 3.8) is 0 Å². The molecule has 1 aliphatic rings. The van der Waals surface area contributed by atoms with Crippen LogP contribution >= 0.6 is 0 Å². The van der Waals surface area contributed by atoms with Gasteiger partial charge in [0.25, 0.3) is 0 Å². The van der Waals surface area contributed by atoms with E-state index in [0.29, 0.717) is 10.8 Å². The predicted molar refractivity (Wildman–Crippen MR) is 58.5 cm³/mol. The molecule has 0 spiro atoms. The maximum Gasteiger partial charge on any atom is 0.162 e. The standard InChI is InChI=1S/C12H24N/c1-9-10(2,3)11(4,5)12(6,7)13(9)8/h1-8H3/q+1. The maximum atomic E-state index is 2.44. The fraction of sp³-hybridized carbons (Fsp3) is 0.917. The van der Waals surface area contributed by atoms with Crippen LogP contribution in [0.2, 0.25) is 0 Å². The van der Waals surface area contributed by atoms with Gasteiger partial charge in [0.1, 0.15) is 7.05 Å². The molecule has 0 atom stereocenters. The molecule has 0 amide bonds. The summed E-state index contributed by atoms with van der Waals surface area (Å²) in [5.74, 6) is 0. The van der Waals surface area contributed by atoms with Gasteiger partial charge in [0.2, 0.25) is 0 Å². The molecule has 1 aliphatic heterocycles. The van der Waals surface area contributed by atoms with E-state index in [1.807, 2.05) is 0 Å². The first kappa shape index (κ1) is 10.7. The van der Waals surface area contributed by atoms with Crippen LogP contribution in [0.15, 0.2) is 0 Å². The van der Waals surface area contributed by atoms with Crippen LogP contribution in [-0.2, 0) is 0 Å². The van der Waals surface area contributed by atoms with Crippen molar-refractivity contribution in [3.8, 4) is 0 Å². The van der Waals surface area contributed by atoms with Crippen molar-refractivity contribution in [2.75, 3.05) is 7.05 Å². The largest absolute Gasteiger partial charge is 0.234 e. The summed E-state index contributed by atoms with van der Waals surface area (Å²) in [5.41, 5.74) is 2.37. The first-order chi connectivity index (χ1) is 5.57. The molecule has 1 heteroatoms. The summed E-state index contributed by atoms with van der Waals surface area (Å²) in [6.45, 7) is 16.4. The molecule has 0 aliphatic carbocycles. The minimum atomic E-state index is 0.251. The normalized spacial score (nSPS) is 29.5. The highest BCUT2D eigenvalue weighted by Crippen LogP contribution is 2.53. The molecule has 0 unspecified atom stereocenters. The van der Waals surface area contributed by atoms with Gasteiger partial charge in [-0.1, -0.05) is 13.8 Å². The van der Waals surface area contributed by atoms with Crippen molar-refractivity contribution in [1.29, 1.82) is 0 Å². The highest BCUT2D eigenvalue weighted by Gasteiger charge is 2.62. The minimum Gasteiger partial charge on any atom is -0.234 e. The predicted octanol–water partition coefficient (Wildman–Crippen LogP) is 2.93. The molecule has 0 fully saturated rings. The van der Waals surface area contributed by atoms with Gasteiger partial charge in [-0.3, -0.25) is 0 Å². The van der Waals surface area contributed by atoms with Gasteiger partial charge in [-0.05, 0) is 13.8 Å². The van der Waals surface area contributed by atoms with Crippen LogP contribution < -0.4 is 0 Å². The Labute approximate surface area is 82.9 Å². The number of hydrogen-bond donors (Lipinski definition) is 0. The van der Waals surface area contributed by atoms with E-state index in [2.05, 4.69) is 60.1 Å². The lowest BCUT2D eigenvalue weighted by Crippen LogP contribution is -2.47. The minimum absolute atomic E-state index is 0.251. The lowest BCUT2D eigenvalue weighted by molar-refractivity contribution is -0.581. The van der Waals surface area contributed by atoms with Gasteiger partial charge < -0.3 is 0 Å². The third-order valence-electron chi connectivity index (χ3n) is 5.34. The van der Waals surface area contributed by atoms with E-state index < -0.39 is 0 Å². The fourth-order valence-corrected chi connectivity index (χ4v) is 2.47. The van der Waals surface area contributed by atoms with Crippen LogP contribution in [0.1, 0.15) is 48.5 Å². The van der Waals surface area contributed by atoms with E-state index >= 15 is 0 Å². The summed E-state index contributed by atoms with van der Waals surface area (Å²) < 4.78 is 2.44. The first-order valence-electron chi connectivity index (χ1n) is 5.14. The van der Waals surface area contributed by atoms with Crippen molar-refractivity contribution in [3.05, 3.63) is 0 Å². The van der Waals surface area contributed by atoms with Crippen LogP contribution in [0.25, 0.3) is 0 Å². The fourth-order valence-electron chi connectivity index (χ4n) is 2.47. The number of nitrogens with zero attached hydrogens (tertiary/aromatic N) is 1. The smallest absolute Gasteiger partial charge is 0.162 e. The van der Waals surface area contributed by atoms with Crippen LogP contribution in [0, 0.1) is 10.8 Å². The Morgan fingerprint density at radius 2 is 1.31 bits per heavy atom. The zero-order valence-corrected chi connectivity index (χ0v) is 10.4. The Kier molecular flexibility index (Phi) is 1.96. The van der Waals surface area contributed by atoms with E-state index in [1.54, 1.807) is 0 Å². The number of rotatable bonds is 0. The Bertz CT molecular complexity index is 241. The lowest BCUT2D eigenvalue weighted by atomic mass is 9.60. The van der Waals surface area contributed by atoms with Gasteiger partial charge in [0.05, 0.1) is 5.41 Å². The third kappa shape index (κ3) is 0.963. The highest BCUT2D eigenvalue weighted by atomic mass is 15.1. The quantitative estimate of drug-likeness (QED) is 0.507. The van der Waals surface area contributed by atoms with Crippen molar-refractivity contribution in [1.82, 2.24) is 0 Å². The van der Waals surface area contributed by atoms with E-state index in [4.69, 9.17) is 0 Å². The SMILES string of the molecule is CC1=[N+](C)C(C)(C)C(C)(C)C1(C)C. The summed E-state index contributed by atoms with van der Waals surface area (Å²) in [5, 5.41) is 0. The highest BCUT2D eigenvalue weighted by molar-refractivity contribution is 5.85. The molecule has 0 saturated carbocycles. The van der Waals surface area contributed by atoms with E-state index in [1.165, 1.54) is 5.71 Å². The molecule has 1 rings (SSSR count). The first-order valence-corrected chi connectivity index (χ1v) is 5.14. The van der Waals surface area contributed by atoms with E-state index in [9.17, 15) is 0 Å². The van der Waals surface area contributed by atoms with Crippen molar-refractivity contribution >= 4 is 5.71 Å². The second kappa shape index (κ2) is 2.37. The Balaban J connectivity index is 3.39. The molecule has 0 aromatic carbocycles. The average molecular weight is 182 g/mol. The van der Waals surface area contributed by atoms with Gasteiger partial charge in [0, 0.05) is 26.2 Å². The summed E-state index contributed by atoms with van der Waals surface area (Å²) in [7, 11) is 2.21. The molecule has 0 aromatic rings.